The first kappa shape index (κ1) is 26.9. The summed E-state index contributed by atoms with van der Waals surface area (Å²) in [5.41, 5.74) is 4.97. The Kier molecular flexibility index (Phi) is 8.25. The highest BCUT2D eigenvalue weighted by Gasteiger charge is 2.41. The van der Waals surface area contributed by atoms with Gasteiger partial charge in [0.1, 0.15) is 18.1 Å². The van der Waals surface area contributed by atoms with Crippen LogP contribution in [0, 0.1) is 19.8 Å². The lowest BCUT2D eigenvalue weighted by atomic mass is 9.88. The Hall–Kier alpha value is -3.73. The monoisotopic (exact) mass is 550 g/mol. The maximum atomic E-state index is 13.3. The largest absolute Gasteiger partial charge is 0.492 e. The summed E-state index contributed by atoms with van der Waals surface area (Å²) in [6.45, 7) is 7.00. The van der Waals surface area contributed by atoms with Crippen LogP contribution in [0.1, 0.15) is 46.2 Å². The van der Waals surface area contributed by atoms with Crippen LogP contribution < -0.4 is 10.1 Å². The third-order valence-electron chi connectivity index (χ3n) is 7.41. The van der Waals surface area contributed by atoms with Crippen molar-refractivity contribution in [3.05, 3.63) is 63.9 Å². The van der Waals surface area contributed by atoms with Crippen LogP contribution in [-0.2, 0) is 16.1 Å². The molecule has 0 unspecified atom stereocenters. The predicted molar refractivity (Wildman–Crippen MR) is 147 cm³/mol. The van der Waals surface area contributed by atoms with Crippen LogP contribution in [0.3, 0.4) is 0 Å². The summed E-state index contributed by atoms with van der Waals surface area (Å²) in [6, 6.07) is 9.72. The summed E-state index contributed by atoms with van der Waals surface area (Å²) in [4.78, 5) is 47.2. The molecule has 2 aliphatic heterocycles. The second-order valence-electron chi connectivity index (χ2n) is 10.1. The number of hydrogen-bond donors (Lipinski definition) is 1. The van der Waals surface area contributed by atoms with Crippen molar-refractivity contribution in [2.75, 3.05) is 39.3 Å². The summed E-state index contributed by atoms with van der Waals surface area (Å²) in [5.74, 6) is -0.0555. The van der Waals surface area contributed by atoms with Gasteiger partial charge in [0.15, 0.2) is 0 Å². The molecule has 39 heavy (non-hydrogen) atoms. The van der Waals surface area contributed by atoms with Gasteiger partial charge < -0.3 is 19.9 Å². The number of benzene rings is 1. The molecule has 1 aromatic carbocycles. The quantitative estimate of drug-likeness (QED) is 0.535. The molecule has 1 N–H and O–H groups in total. The summed E-state index contributed by atoms with van der Waals surface area (Å²) >= 11 is 1.38. The second kappa shape index (κ2) is 12.0. The van der Waals surface area contributed by atoms with E-state index in [9.17, 15) is 14.4 Å². The molecule has 2 atom stereocenters. The highest BCUT2D eigenvalue weighted by atomic mass is 32.1. The standard InChI is InChI=1S/C28H34N6O4S/c1-19-13-20(2)34(31-19)10-7-26(35)32-9-4-8-29-27(36)24-16-33(28(37)25-17-39-18-30-25)15-23(24)21-5-3-6-22(14-21)38-12-11-32/h3,5-6,13-14,17-18,23-24H,4,7-12,15-16H2,1-2H3,(H,29,36)/t23-,24+/m1/s1. The molecule has 1 saturated heterocycles. The maximum Gasteiger partial charge on any atom is 0.273 e. The Balaban J connectivity index is 1.28. The number of rotatable bonds is 4. The van der Waals surface area contributed by atoms with Crippen molar-refractivity contribution in [1.29, 1.82) is 0 Å². The molecule has 2 bridgehead atoms. The minimum atomic E-state index is -0.385. The first-order chi connectivity index (χ1) is 18.9. The van der Waals surface area contributed by atoms with Gasteiger partial charge in [-0.2, -0.15) is 5.10 Å². The number of thiazole rings is 1. The molecule has 0 aliphatic carbocycles. The van der Waals surface area contributed by atoms with E-state index in [4.69, 9.17) is 4.74 Å². The molecule has 0 saturated carbocycles. The lowest BCUT2D eigenvalue weighted by Crippen LogP contribution is -2.39. The number of amides is 3. The van der Waals surface area contributed by atoms with Gasteiger partial charge in [-0.25, -0.2) is 4.98 Å². The van der Waals surface area contributed by atoms with Crippen molar-refractivity contribution >= 4 is 29.1 Å². The number of nitrogens with zero attached hydrogens (tertiary/aromatic N) is 5. The van der Waals surface area contributed by atoms with E-state index in [-0.39, 0.29) is 29.6 Å². The molecule has 2 aliphatic rings. The number of fused-ring (bicyclic) bond motifs is 4. The molecule has 3 amide bonds. The first-order valence-corrected chi connectivity index (χ1v) is 14.3. The number of nitrogens with one attached hydrogen (secondary N) is 1. The minimum absolute atomic E-state index is 0.0328. The number of ether oxygens (including phenoxy) is 1. The number of carbonyl (C=O) groups is 3. The number of aryl methyl sites for hydroxylation is 3. The average molecular weight is 551 g/mol. The van der Waals surface area contributed by atoms with Crippen molar-refractivity contribution in [3.63, 3.8) is 0 Å². The molecule has 11 heteroatoms. The van der Waals surface area contributed by atoms with E-state index in [0.29, 0.717) is 70.2 Å². The normalized spacial score (nSPS) is 20.1. The van der Waals surface area contributed by atoms with Crippen molar-refractivity contribution in [2.45, 2.75) is 39.2 Å². The van der Waals surface area contributed by atoms with Gasteiger partial charge in [-0.1, -0.05) is 12.1 Å². The molecule has 2 aromatic heterocycles. The Bertz CT molecular complexity index is 1320. The fourth-order valence-corrected chi connectivity index (χ4v) is 5.92. The topological polar surface area (TPSA) is 110 Å². The molecule has 3 aromatic rings. The Morgan fingerprint density at radius 1 is 1.13 bits per heavy atom. The molecular formula is C28H34N6O4S. The summed E-state index contributed by atoms with van der Waals surface area (Å²) in [7, 11) is 0. The lowest BCUT2D eigenvalue weighted by molar-refractivity contribution is -0.132. The van der Waals surface area contributed by atoms with Crippen molar-refractivity contribution < 1.29 is 19.1 Å². The van der Waals surface area contributed by atoms with E-state index in [1.807, 2.05) is 48.9 Å². The maximum absolute atomic E-state index is 13.3. The van der Waals surface area contributed by atoms with Crippen LogP contribution in [0.25, 0.3) is 0 Å². The van der Waals surface area contributed by atoms with Gasteiger partial charge in [-0.05, 0) is 44.0 Å². The summed E-state index contributed by atoms with van der Waals surface area (Å²) < 4.78 is 7.93. The van der Waals surface area contributed by atoms with E-state index in [0.717, 1.165) is 17.0 Å². The summed E-state index contributed by atoms with van der Waals surface area (Å²) in [5, 5.41) is 9.26. The third-order valence-corrected chi connectivity index (χ3v) is 8.00. The van der Waals surface area contributed by atoms with Crippen LogP contribution in [0.15, 0.2) is 41.2 Å². The first-order valence-electron chi connectivity index (χ1n) is 13.4. The minimum Gasteiger partial charge on any atom is -0.492 e. The molecule has 1 fully saturated rings. The zero-order chi connectivity index (χ0) is 27.4. The Labute approximate surface area is 232 Å². The van der Waals surface area contributed by atoms with Crippen LogP contribution in [0.4, 0.5) is 0 Å². The van der Waals surface area contributed by atoms with Crippen LogP contribution in [0.2, 0.25) is 0 Å². The van der Waals surface area contributed by atoms with E-state index in [1.54, 1.807) is 20.7 Å². The van der Waals surface area contributed by atoms with E-state index >= 15 is 0 Å². The SMILES string of the molecule is Cc1cc(C)n(CCC(=O)N2CCCNC(=O)[C@H]3CN(C(=O)c4cscn4)C[C@@H]3c3cccc(c3)OCC2)n1. The highest BCUT2D eigenvalue weighted by molar-refractivity contribution is 7.07. The van der Waals surface area contributed by atoms with E-state index in [1.165, 1.54) is 11.3 Å². The molecule has 206 valence electrons. The number of hydrogen-bond acceptors (Lipinski definition) is 7. The Morgan fingerprint density at radius 2 is 1.97 bits per heavy atom. The third kappa shape index (κ3) is 6.30. The van der Waals surface area contributed by atoms with Crippen LogP contribution in [-0.4, -0.2) is 81.6 Å². The molecule has 10 nitrogen and oxygen atoms in total. The van der Waals surface area contributed by atoms with Crippen molar-refractivity contribution in [2.24, 2.45) is 5.92 Å². The zero-order valence-electron chi connectivity index (χ0n) is 22.3. The van der Waals surface area contributed by atoms with Crippen molar-refractivity contribution in [1.82, 2.24) is 29.9 Å². The molecule has 0 radical (unpaired) electrons. The molecule has 0 spiro atoms. The molecule has 5 rings (SSSR count). The van der Waals surface area contributed by atoms with Crippen LogP contribution in [0.5, 0.6) is 5.75 Å². The highest BCUT2D eigenvalue weighted by Crippen LogP contribution is 2.35. The lowest BCUT2D eigenvalue weighted by Gasteiger charge is -2.25. The molecular weight excluding hydrogens is 516 g/mol. The zero-order valence-corrected chi connectivity index (χ0v) is 23.2. The predicted octanol–water partition coefficient (Wildman–Crippen LogP) is 2.63. The van der Waals surface area contributed by atoms with Gasteiger partial charge in [-0.3, -0.25) is 19.1 Å². The van der Waals surface area contributed by atoms with E-state index < -0.39 is 0 Å². The Morgan fingerprint density at radius 3 is 2.74 bits per heavy atom. The number of likely N-dealkylation sites (tertiary alicyclic amines) is 1. The fourth-order valence-electron chi connectivity index (χ4n) is 5.40. The van der Waals surface area contributed by atoms with Gasteiger partial charge in [0.05, 0.1) is 23.7 Å². The smallest absolute Gasteiger partial charge is 0.273 e. The summed E-state index contributed by atoms with van der Waals surface area (Å²) in [6.07, 6.45) is 0.970. The van der Waals surface area contributed by atoms with Gasteiger partial charge in [0.25, 0.3) is 5.91 Å². The van der Waals surface area contributed by atoms with Crippen molar-refractivity contribution in [3.8, 4) is 5.75 Å². The van der Waals surface area contributed by atoms with Gasteiger partial charge >= 0.3 is 0 Å². The van der Waals surface area contributed by atoms with Crippen LogP contribution >= 0.6 is 11.3 Å². The van der Waals surface area contributed by atoms with E-state index in [2.05, 4.69) is 15.4 Å². The number of carbonyl (C=O) groups excluding carboxylic acids is 3. The molecule has 4 heterocycles. The second-order valence-corrected chi connectivity index (χ2v) is 10.9. The number of aromatic nitrogens is 3. The average Bonchev–Trinajstić information content (AvgIpc) is 3.68. The van der Waals surface area contributed by atoms with Gasteiger partial charge in [0, 0.05) is 56.1 Å². The fraction of sp³-hybridized carbons (Fsp3) is 0.464. The van der Waals surface area contributed by atoms with Gasteiger partial charge in [0.2, 0.25) is 11.8 Å². The van der Waals surface area contributed by atoms with Gasteiger partial charge in [-0.15, -0.1) is 11.3 Å².